The Kier molecular flexibility index (Phi) is 8.70. The minimum Gasteiger partial charge on any atom is -0.477 e. The van der Waals surface area contributed by atoms with Crippen molar-refractivity contribution in [2.45, 2.75) is 51.5 Å². The van der Waals surface area contributed by atoms with Gasteiger partial charge in [0.15, 0.2) is 0 Å². The maximum Gasteiger partial charge on any atom is 0.226 e. The molecule has 0 unspecified atom stereocenters. The molecule has 10 heteroatoms. The maximum absolute atomic E-state index is 11.9. The van der Waals surface area contributed by atoms with E-state index < -0.39 is 10.0 Å². The Morgan fingerprint density at radius 3 is 2.34 bits per heavy atom. The second-order valence-electron chi connectivity index (χ2n) is 11.1. The van der Waals surface area contributed by atoms with Crippen LogP contribution >= 0.6 is 0 Å². The van der Waals surface area contributed by atoms with Crippen molar-refractivity contribution in [3.63, 3.8) is 0 Å². The quantitative estimate of drug-likeness (QED) is 0.533. The number of anilines is 2. The van der Waals surface area contributed by atoms with Crippen molar-refractivity contribution in [2.24, 2.45) is 11.8 Å². The molecule has 0 bridgehead atoms. The molecule has 1 saturated carbocycles. The van der Waals surface area contributed by atoms with Gasteiger partial charge in [-0.3, -0.25) is 0 Å². The first kappa shape index (κ1) is 27.1. The van der Waals surface area contributed by atoms with Crippen LogP contribution in [0.1, 0.15) is 45.4 Å². The first-order valence-corrected chi connectivity index (χ1v) is 15.8. The van der Waals surface area contributed by atoms with Gasteiger partial charge in [-0.25, -0.2) is 17.7 Å². The van der Waals surface area contributed by atoms with Gasteiger partial charge < -0.3 is 19.7 Å². The molecule has 208 valence electrons. The highest BCUT2D eigenvalue weighted by atomic mass is 32.2. The zero-order chi connectivity index (χ0) is 26.5. The molecule has 38 heavy (non-hydrogen) atoms. The van der Waals surface area contributed by atoms with Crippen molar-refractivity contribution in [2.75, 3.05) is 62.5 Å². The highest BCUT2D eigenvalue weighted by Gasteiger charge is 2.26. The lowest BCUT2D eigenvalue weighted by Crippen LogP contribution is -2.39. The van der Waals surface area contributed by atoms with Crippen LogP contribution in [0.15, 0.2) is 30.5 Å². The molecule has 2 aromatic rings. The number of nitrogens with zero attached hydrogens (tertiary/aromatic N) is 4. The predicted molar refractivity (Wildman–Crippen MR) is 150 cm³/mol. The van der Waals surface area contributed by atoms with Crippen molar-refractivity contribution in [1.29, 1.82) is 0 Å². The Bertz CT molecular complexity index is 1150. The van der Waals surface area contributed by atoms with Crippen molar-refractivity contribution in [3.05, 3.63) is 30.5 Å². The van der Waals surface area contributed by atoms with Gasteiger partial charge in [0, 0.05) is 44.1 Å². The largest absolute Gasteiger partial charge is 0.477 e. The van der Waals surface area contributed by atoms with E-state index >= 15 is 0 Å². The van der Waals surface area contributed by atoms with E-state index in [0.717, 1.165) is 69.0 Å². The number of hydrogen-bond donors (Lipinski definition) is 1. The van der Waals surface area contributed by atoms with Crippen LogP contribution in [0.3, 0.4) is 0 Å². The van der Waals surface area contributed by atoms with E-state index in [2.05, 4.69) is 46.4 Å². The van der Waals surface area contributed by atoms with Gasteiger partial charge in [0.05, 0.1) is 31.6 Å². The third-order valence-electron chi connectivity index (χ3n) is 8.16. The zero-order valence-electron chi connectivity index (χ0n) is 22.6. The zero-order valence-corrected chi connectivity index (χ0v) is 23.5. The lowest BCUT2D eigenvalue weighted by atomic mass is 9.87. The maximum atomic E-state index is 11.9. The van der Waals surface area contributed by atoms with Gasteiger partial charge in [-0.2, -0.15) is 4.98 Å². The van der Waals surface area contributed by atoms with Gasteiger partial charge in [0.2, 0.25) is 21.9 Å². The molecule has 0 amide bonds. The molecule has 0 atom stereocenters. The van der Waals surface area contributed by atoms with Gasteiger partial charge in [-0.05, 0) is 68.1 Å². The number of sulfonamides is 1. The van der Waals surface area contributed by atoms with E-state index in [1.165, 1.54) is 24.8 Å². The monoisotopic (exact) mass is 543 g/mol. The molecule has 1 aromatic carbocycles. The van der Waals surface area contributed by atoms with Gasteiger partial charge in [0.25, 0.3) is 0 Å². The Labute approximate surface area is 227 Å². The fourth-order valence-corrected chi connectivity index (χ4v) is 6.48. The predicted octanol–water partition coefficient (Wildman–Crippen LogP) is 4.02. The van der Waals surface area contributed by atoms with Crippen LogP contribution in [-0.4, -0.2) is 81.0 Å². The Hall–Kier alpha value is -2.43. The third-order valence-corrected chi connectivity index (χ3v) is 9.46. The van der Waals surface area contributed by atoms with Crippen LogP contribution in [0, 0.1) is 11.8 Å². The Morgan fingerprint density at radius 1 is 1.00 bits per heavy atom. The van der Waals surface area contributed by atoms with Gasteiger partial charge in [0.1, 0.15) is 0 Å². The number of piperidine rings is 1. The fourth-order valence-electron chi connectivity index (χ4n) is 5.61. The molecule has 2 aliphatic heterocycles. The molecule has 1 aliphatic carbocycles. The lowest BCUT2D eigenvalue weighted by molar-refractivity contribution is 0.122. The van der Waals surface area contributed by atoms with E-state index in [-0.39, 0.29) is 5.92 Å². The molecule has 9 nitrogen and oxygen atoms in total. The summed E-state index contributed by atoms with van der Waals surface area (Å²) in [5.74, 6) is 2.26. The smallest absolute Gasteiger partial charge is 0.226 e. The SMILES string of the molecule is CS(=O)(=O)N1CCC(COc2nc(N[C@H]3CC[C@@H](C)CC3)ncc2-c2ccc(N3CCOCC3)cc2)CC1. The van der Waals surface area contributed by atoms with Gasteiger partial charge in [-0.15, -0.1) is 0 Å². The summed E-state index contributed by atoms with van der Waals surface area (Å²) in [5.41, 5.74) is 3.07. The molecule has 5 rings (SSSR count). The normalized spacial score (nSPS) is 23.8. The van der Waals surface area contributed by atoms with E-state index in [1.807, 2.05) is 6.20 Å². The first-order valence-electron chi connectivity index (χ1n) is 14.0. The summed E-state index contributed by atoms with van der Waals surface area (Å²) in [7, 11) is -3.14. The van der Waals surface area contributed by atoms with E-state index in [0.29, 0.717) is 37.6 Å². The first-order chi connectivity index (χ1) is 18.3. The Morgan fingerprint density at radius 2 is 1.68 bits per heavy atom. The summed E-state index contributed by atoms with van der Waals surface area (Å²) in [5, 5.41) is 3.54. The number of rotatable bonds is 8. The lowest BCUT2D eigenvalue weighted by Gasteiger charge is -2.30. The summed E-state index contributed by atoms with van der Waals surface area (Å²) >= 11 is 0. The average molecular weight is 544 g/mol. The summed E-state index contributed by atoms with van der Waals surface area (Å²) < 4.78 is 37.2. The van der Waals surface area contributed by atoms with Crippen LogP contribution < -0.4 is 15.0 Å². The minimum atomic E-state index is -3.14. The highest BCUT2D eigenvalue weighted by molar-refractivity contribution is 7.88. The molecule has 3 fully saturated rings. The van der Waals surface area contributed by atoms with Crippen LogP contribution in [-0.2, 0) is 14.8 Å². The van der Waals surface area contributed by atoms with E-state index in [4.69, 9.17) is 14.5 Å². The number of ether oxygens (including phenoxy) is 2. The number of aromatic nitrogens is 2. The molecule has 3 heterocycles. The topological polar surface area (TPSA) is 96.9 Å². The van der Waals surface area contributed by atoms with E-state index in [1.54, 1.807) is 4.31 Å². The summed E-state index contributed by atoms with van der Waals surface area (Å²) in [6, 6.07) is 8.88. The molecule has 1 N–H and O–H groups in total. The van der Waals surface area contributed by atoms with Gasteiger partial charge in [-0.1, -0.05) is 19.1 Å². The second-order valence-corrected chi connectivity index (χ2v) is 13.1. The molecule has 3 aliphatic rings. The molecule has 1 aromatic heterocycles. The third kappa shape index (κ3) is 6.95. The minimum absolute atomic E-state index is 0.288. The number of nitrogens with one attached hydrogen (secondary N) is 1. The standard InChI is InChI=1S/C28H41N5O4S/c1-21-3-7-24(8-4-21)30-28-29-19-26(23-5-9-25(10-6-23)32-15-17-36-18-16-32)27(31-28)37-20-22-11-13-33(14-12-22)38(2,34)35/h5-6,9-10,19,21-22,24H,3-4,7-8,11-18,20H2,1-2H3,(H,29,30,31)/t21-,24+. The van der Waals surface area contributed by atoms with Crippen LogP contribution in [0.25, 0.3) is 11.1 Å². The van der Waals surface area contributed by atoms with Crippen LogP contribution in [0.2, 0.25) is 0 Å². The van der Waals surface area contributed by atoms with E-state index in [9.17, 15) is 8.42 Å². The highest BCUT2D eigenvalue weighted by Crippen LogP contribution is 2.32. The van der Waals surface area contributed by atoms with Crippen molar-refractivity contribution >= 4 is 21.7 Å². The van der Waals surface area contributed by atoms with Crippen LogP contribution in [0.5, 0.6) is 5.88 Å². The summed E-state index contributed by atoms with van der Waals surface area (Å²) in [6.45, 7) is 7.21. The summed E-state index contributed by atoms with van der Waals surface area (Å²) in [6.07, 6.45) is 9.42. The fraction of sp³-hybridized carbons (Fsp3) is 0.643. The molecule has 0 spiro atoms. The van der Waals surface area contributed by atoms with Crippen molar-refractivity contribution < 1.29 is 17.9 Å². The average Bonchev–Trinajstić information content (AvgIpc) is 2.94. The number of morpholine rings is 1. The van der Waals surface area contributed by atoms with Crippen molar-refractivity contribution in [3.8, 4) is 17.0 Å². The second kappa shape index (κ2) is 12.2. The van der Waals surface area contributed by atoms with Crippen molar-refractivity contribution in [1.82, 2.24) is 14.3 Å². The van der Waals surface area contributed by atoms with Gasteiger partial charge >= 0.3 is 0 Å². The summed E-state index contributed by atoms with van der Waals surface area (Å²) in [4.78, 5) is 11.8. The molecular formula is C28H41N5O4S. The number of hydrogen-bond acceptors (Lipinski definition) is 8. The Balaban J connectivity index is 1.31. The molecule has 2 saturated heterocycles. The molecular weight excluding hydrogens is 502 g/mol. The number of benzene rings is 1. The van der Waals surface area contributed by atoms with Crippen LogP contribution in [0.4, 0.5) is 11.6 Å². The molecule has 0 radical (unpaired) electrons.